The number of nitrogens with zero attached hydrogens (tertiary/aromatic N) is 1. The highest BCUT2D eigenvalue weighted by Gasteiger charge is 2.25. The zero-order chi connectivity index (χ0) is 14.7. The lowest BCUT2D eigenvalue weighted by molar-refractivity contribution is -0.0141. The van der Waals surface area contributed by atoms with Crippen LogP contribution in [0.4, 0.5) is 14.5 Å². The Labute approximate surface area is 119 Å². The Bertz CT molecular complexity index is 490. The van der Waals surface area contributed by atoms with Crippen LogP contribution in [0.15, 0.2) is 17.0 Å². The third kappa shape index (κ3) is 3.53. The summed E-state index contributed by atoms with van der Waals surface area (Å²) in [7, 11) is -1.79. The van der Waals surface area contributed by atoms with Crippen LogP contribution in [-0.4, -0.2) is 47.2 Å². The molecule has 2 rings (SSSR count). The van der Waals surface area contributed by atoms with Crippen molar-refractivity contribution < 1.29 is 17.7 Å². The van der Waals surface area contributed by atoms with Gasteiger partial charge in [-0.25, -0.2) is 8.78 Å². The fraction of sp³-hybridized carbons (Fsp3) is 0.538. The summed E-state index contributed by atoms with van der Waals surface area (Å²) in [5, 5.41) is 0. The monoisotopic (exact) mass is 304 g/mol. The quantitative estimate of drug-likeness (QED) is 0.854. The maximum absolute atomic E-state index is 13.7. The van der Waals surface area contributed by atoms with Crippen molar-refractivity contribution in [3.8, 4) is 0 Å². The first kappa shape index (κ1) is 15.3. The van der Waals surface area contributed by atoms with E-state index in [1.807, 2.05) is 6.92 Å². The number of likely N-dealkylation sites (N-methyl/N-ethyl adjacent to an activating group) is 1. The number of ether oxygens (including phenoxy) is 1. The predicted molar refractivity (Wildman–Crippen MR) is 73.9 cm³/mol. The normalized spacial score (nSPS) is 21.9. The minimum Gasteiger partial charge on any atom is -0.399 e. The molecule has 0 radical (unpaired) electrons. The van der Waals surface area contributed by atoms with Crippen molar-refractivity contribution in [2.75, 3.05) is 37.7 Å². The molecule has 20 heavy (non-hydrogen) atoms. The molecule has 0 saturated carbocycles. The van der Waals surface area contributed by atoms with E-state index >= 15 is 0 Å². The summed E-state index contributed by atoms with van der Waals surface area (Å²) in [6, 6.07) is 1.97. The Kier molecular flexibility index (Phi) is 5.06. The second-order valence-corrected chi connectivity index (χ2v) is 6.14. The van der Waals surface area contributed by atoms with Crippen LogP contribution in [0.5, 0.6) is 0 Å². The molecule has 2 unspecified atom stereocenters. The fourth-order valence-corrected chi connectivity index (χ4v) is 3.48. The number of nitrogens with two attached hydrogens (primary N) is 1. The molecule has 2 atom stereocenters. The van der Waals surface area contributed by atoms with Crippen LogP contribution in [0, 0.1) is 11.6 Å². The minimum absolute atomic E-state index is 0.0215. The van der Waals surface area contributed by atoms with Gasteiger partial charge in [-0.2, -0.15) is 0 Å². The van der Waals surface area contributed by atoms with Gasteiger partial charge in [-0.05, 0) is 18.7 Å². The van der Waals surface area contributed by atoms with Crippen LogP contribution < -0.4 is 5.73 Å². The van der Waals surface area contributed by atoms with E-state index in [0.29, 0.717) is 13.2 Å². The Morgan fingerprint density at radius 2 is 2.10 bits per heavy atom. The molecule has 1 aromatic carbocycles. The summed E-state index contributed by atoms with van der Waals surface area (Å²) in [5.74, 6) is -1.66. The average molecular weight is 304 g/mol. The van der Waals surface area contributed by atoms with Crippen LogP contribution in [0.1, 0.15) is 6.92 Å². The first-order valence-electron chi connectivity index (χ1n) is 6.48. The van der Waals surface area contributed by atoms with Gasteiger partial charge in [0.15, 0.2) is 0 Å². The number of hydrogen-bond donors (Lipinski definition) is 1. The zero-order valence-corrected chi connectivity index (χ0v) is 12.1. The van der Waals surface area contributed by atoms with Crippen molar-refractivity contribution in [1.82, 2.24) is 4.90 Å². The molecule has 0 aromatic heterocycles. The number of hydrogen-bond acceptors (Lipinski definition) is 4. The lowest BCUT2D eigenvalue weighted by Gasteiger charge is -2.31. The first-order chi connectivity index (χ1) is 9.51. The molecule has 1 saturated heterocycles. The molecule has 1 fully saturated rings. The van der Waals surface area contributed by atoms with E-state index in [-0.39, 0.29) is 17.5 Å². The van der Waals surface area contributed by atoms with Crippen molar-refractivity contribution in [1.29, 1.82) is 0 Å². The Hall–Kier alpha value is -1.05. The molecule has 1 heterocycles. The standard InChI is InChI=1S/C13H18F2N2O2S/c1-2-17-3-4-19-10(7-17)8-20(18)13-11(14)5-9(16)6-12(13)15/h5-6,10H,2-4,7-8,16H2,1H3. The smallest absolute Gasteiger partial charge is 0.144 e. The molecule has 1 aliphatic heterocycles. The van der Waals surface area contributed by atoms with Gasteiger partial charge in [0.1, 0.15) is 16.5 Å². The number of benzene rings is 1. The van der Waals surface area contributed by atoms with E-state index in [0.717, 1.165) is 25.2 Å². The van der Waals surface area contributed by atoms with E-state index in [9.17, 15) is 13.0 Å². The number of rotatable bonds is 4. The highest BCUT2D eigenvalue weighted by Crippen LogP contribution is 2.21. The van der Waals surface area contributed by atoms with E-state index in [1.165, 1.54) is 0 Å². The van der Waals surface area contributed by atoms with Crippen molar-refractivity contribution in [2.24, 2.45) is 0 Å². The van der Waals surface area contributed by atoms with E-state index in [4.69, 9.17) is 10.5 Å². The summed E-state index contributed by atoms with van der Waals surface area (Å²) < 4.78 is 45.0. The topological polar surface area (TPSA) is 55.6 Å². The van der Waals surface area contributed by atoms with E-state index < -0.39 is 27.3 Å². The maximum Gasteiger partial charge on any atom is 0.144 e. The van der Waals surface area contributed by atoms with Crippen LogP contribution in [0.25, 0.3) is 0 Å². The summed E-state index contributed by atoms with van der Waals surface area (Å²) in [6.45, 7) is 4.89. The summed E-state index contributed by atoms with van der Waals surface area (Å²) in [6.07, 6.45) is -0.277. The summed E-state index contributed by atoms with van der Waals surface area (Å²) >= 11 is 0. The predicted octanol–water partition coefficient (Wildman–Crippen LogP) is 1.38. The van der Waals surface area contributed by atoms with Gasteiger partial charge in [-0.15, -0.1) is 0 Å². The van der Waals surface area contributed by atoms with Gasteiger partial charge in [0.05, 0.1) is 29.3 Å². The molecule has 0 aliphatic carbocycles. The van der Waals surface area contributed by atoms with Gasteiger partial charge in [-0.3, -0.25) is 9.11 Å². The second kappa shape index (κ2) is 6.60. The van der Waals surface area contributed by atoms with E-state index in [1.54, 1.807) is 0 Å². The molecule has 0 amide bonds. The van der Waals surface area contributed by atoms with Crippen molar-refractivity contribution in [2.45, 2.75) is 17.9 Å². The highest BCUT2D eigenvalue weighted by molar-refractivity contribution is 7.85. The van der Waals surface area contributed by atoms with Gasteiger partial charge < -0.3 is 10.5 Å². The van der Waals surface area contributed by atoms with E-state index in [2.05, 4.69) is 4.90 Å². The van der Waals surface area contributed by atoms with Crippen LogP contribution in [-0.2, 0) is 15.5 Å². The van der Waals surface area contributed by atoms with Crippen LogP contribution >= 0.6 is 0 Å². The van der Waals surface area contributed by atoms with Gasteiger partial charge in [0.2, 0.25) is 0 Å². The summed E-state index contributed by atoms with van der Waals surface area (Å²) in [5.41, 5.74) is 5.32. The van der Waals surface area contributed by atoms with Gasteiger partial charge in [0, 0.05) is 18.8 Å². The molecule has 112 valence electrons. The van der Waals surface area contributed by atoms with Crippen molar-refractivity contribution >= 4 is 16.5 Å². The maximum atomic E-state index is 13.7. The van der Waals surface area contributed by atoms with Gasteiger partial charge >= 0.3 is 0 Å². The Morgan fingerprint density at radius 1 is 1.45 bits per heavy atom. The number of anilines is 1. The lowest BCUT2D eigenvalue weighted by Crippen LogP contribution is -2.44. The SMILES string of the molecule is CCN1CCOC(CS(=O)c2c(F)cc(N)cc2F)C1. The summed E-state index contributed by atoms with van der Waals surface area (Å²) in [4.78, 5) is 1.73. The van der Waals surface area contributed by atoms with Crippen molar-refractivity contribution in [3.63, 3.8) is 0 Å². The Morgan fingerprint density at radius 3 is 2.70 bits per heavy atom. The zero-order valence-electron chi connectivity index (χ0n) is 11.3. The fourth-order valence-electron chi connectivity index (χ4n) is 2.22. The second-order valence-electron chi connectivity index (χ2n) is 4.71. The average Bonchev–Trinajstić information content (AvgIpc) is 2.37. The van der Waals surface area contributed by atoms with Crippen LogP contribution in [0.3, 0.4) is 0 Å². The van der Waals surface area contributed by atoms with Crippen LogP contribution in [0.2, 0.25) is 0 Å². The number of morpholine rings is 1. The first-order valence-corrected chi connectivity index (χ1v) is 7.80. The molecule has 0 bridgehead atoms. The van der Waals surface area contributed by atoms with Crippen molar-refractivity contribution in [3.05, 3.63) is 23.8 Å². The largest absolute Gasteiger partial charge is 0.399 e. The number of nitrogen functional groups attached to an aromatic ring is 1. The molecular formula is C13H18F2N2O2S. The highest BCUT2D eigenvalue weighted by atomic mass is 32.2. The Balaban J connectivity index is 2.09. The molecule has 0 spiro atoms. The van der Waals surface area contributed by atoms with Gasteiger partial charge in [0.25, 0.3) is 0 Å². The molecule has 1 aliphatic rings. The third-order valence-corrected chi connectivity index (χ3v) is 4.78. The molecule has 2 N–H and O–H groups in total. The molecule has 7 heteroatoms. The third-order valence-electron chi connectivity index (χ3n) is 3.26. The molecule has 1 aromatic rings. The van der Waals surface area contributed by atoms with Gasteiger partial charge in [-0.1, -0.05) is 6.92 Å². The number of halogens is 2. The molecule has 4 nitrogen and oxygen atoms in total. The molecular weight excluding hydrogens is 286 g/mol. The lowest BCUT2D eigenvalue weighted by atomic mass is 10.3. The minimum atomic E-state index is -1.79.